The number of hydrogen-bond donors (Lipinski definition) is 2. The molecule has 0 bridgehead atoms. The molecule has 1 aromatic rings. The summed E-state index contributed by atoms with van der Waals surface area (Å²) in [5, 5.41) is 3.25. The third-order valence-corrected chi connectivity index (χ3v) is 2.78. The zero-order valence-corrected chi connectivity index (χ0v) is 9.42. The summed E-state index contributed by atoms with van der Waals surface area (Å²) in [7, 11) is 0. The van der Waals surface area contributed by atoms with Crippen LogP contribution in [-0.4, -0.2) is 30.6 Å². The van der Waals surface area contributed by atoms with Crippen molar-refractivity contribution in [2.45, 2.75) is 13.0 Å². The molecule has 1 atom stereocenters. The van der Waals surface area contributed by atoms with E-state index in [4.69, 9.17) is 10.5 Å². The maximum atomic E-state index is 10.4. The van der Waals surface area contributed by atoms with Gasteiger partial charge in [0.25, 0.3) is 0 Å². The Kier molecular flexibility index (Phi) is 5.23. The Morgan fingerprint density at radius 2 is 2.60 bits per heavy atom. The van der Waals surface area contributed by atoms with Crippen molar-refractivity contribution in [2.24, 2.45) is 5.73 Å². The van der Waals surface area contributed by atoms with Gasteiger partial charge in [0, 0.05) is 23.7 Å². The van der Waals surface area contributed by atoms with E-state index in [1.54, 1.807) is 16.8 Å². The fraction of sp³-hybridized carbons (Fsp3) is 0.556. The SMILES string of the molecule is CC(NCCOCC(N)=O)c1cncs1. The highest BCUT2D eigenvalue weighted by molar-refractivity contribution is 7.09. The lowest BCUT2D eigenvalue weighted by Crippen LogP contribution is -2.25. The van der Waals surface area contributed by atoms with E-state index < -0.39 is 5.91 Å². The van der Waals surface area contributed by atoms with Crippen molar-refractivity contribution < 1.29 is 9.53 Å². The molecule has 1 amide bonds. The van der Waals surface area contributed by atoms with Crippen molar-refractivity contribution in [1.29, 1.82) is 0 Å². The van der Waals surface area contributed by atoms with E-state index in [1.807, 2.05) is 6.20 Å². The monoisotopic (exact) mass is 229 g/mol. The number of thiazole rings is 1. The van der Waals surface area contributed by atoms with Gasteiger partial charge in [-0.15, -0.1) is 11.3 Å². The Morgan fingerprint density at radius 3 is 3.20 bits per heavy atom. The first kappa shape index (κ1) is 12.1. The van der Waals surface area contributed by atoms with Crippen LogP contribution in [0.3, 0.4) is 0 Å². The van der Waals surface area contributed by atoms with Crippen molar-refractivity contribution in [2.75, 3.05) is 19.8 Å². The maximum absolute atomic E-state index is 10.4. The molecule has 0 fully saturated rings. The van der Waals surface area contributed by atoms with Gasteiger partial charge in [-0.2, -0.15) is 0 Å². The van der Waals surface area contributed by atoms with Gasteiger partial charge in [-0.25, -0.2) is 0 Å². The summed E-state index contributed by atoms with van der Waals surface area (Å²) in [6.45, 7) is 3.21. The summed E-state index contributed by atoms with van der Waals surface area (Å²) < 4.78 is 5.01. The van der Waals surface area contributed by atoms with E-state index in [9.17, 15) is 4.79 Å². The molecule has 0 aromatic carbocycles. The summed E-state index contributed by atoms with van der Waals surface area (Å²) >= 11 is 1.61. The van der Waals surface area contributed by atoms with Crippen LogP contribution in [0.5, 0.6) is 0 Å². The first-order valence-electron chi connectivity index (χ1n) is 4.68. The van der Waals surface area contributed by atoms with Gasteiger partial charge in [0.05, 0.1) is 12.1 Å². The molecule has 0 saturated carbocycles. The highest BCUT2D eigenvalue weighted by atomic mass is 32.1. The Balaban J connectivity index is 2.08. The average molecular weight is 229 g/mol. The van der Waals surface area contributed by atoms with Crippen LogP contribution in [0.2, 0.25) is 0 Å². The molecule has 15 heavy (non-hydrogen) atoms. The number of hydrogen-bond acceptors (Lipinski definition) is 5. The van der Waals surface area contributed by atoms with E-state index in [0.717, 1.165) is 0 Å². The first-order chi connectivity index (χ1) is 7.20. The molecular weight excluding hydrogens is 214 g/mol. The standard InChI is InChI=1S/C9H15N3O2S/c1-7(8-4-11-6-15-8)12-2-3-14-5-9(10)13/h4,6-7,12H,2-3,5H2,1H3,(H2,10,13). The number of nitrogens with one attached hydrogen (secondary N) is 1. The Labute approximate surface area is 92.6 Å². The third-order valence-electron chi connectivity index (χ3n) is 1.82. The van der Waals surface area contributed by atoms with Crippen LogP contribution in [0.25, 0.3) is 0 Å². The molecular formula is C9H15N3O2S. The highest BCUT2D eigenvalue weighted by Gasteiger charge is 2.05. The second-order valence-corrected chi connectivity index (χ2v) is 4.02. The van der Waals surface area contributed by atoms with Crippen molar-refractivity contribution in [3.63, 3.8) is 0 Å². The predicted molar refractivity (Wildman–Crippen MR) is 58.5 cm³/mol. The Morgan fingerprint density at radius 1 is 1.80 bits per heavy atom. The second kappa shape index (κ2) is 6.49. The van der Waals surface area contributed by atoms with E-state index >= 15 is 0 Å². The quantitative estimate of drug-likeness (QED) is 0.659. The number of carbonyl (C=O) groups is 1. The number of amides is 1. The Bertz CT molecular complexity index is 290. The molecule has 0 radical (unpaired) electrons. The van der Waals surface area contributed by atoms with Gasteiger partial charge in [0.2, 0.25) is 5.91 Å². The molecule has 3 N–H and O–H groups in total. The molecule has 0 spiro atoms. The van der Waals surface area contributed by atoms with Crippen molar-refractivity contribution in [3.8, 4) is 0 Å². The Hall–Kier alpha value is -0.980. The molecule has 0 aliphatic carbocycles. The van der Waals surface area contributed by atoms with E-state index in [1.165, 1.54) is 4.88 Å². The fourth-order valence-electron chi connectivity index (χ4n) is 1.06. The van der Waals surface area contributed by atoms with Crippen molar-refractivity contribution in [3.05, 3.63) is 16.6 Å². The minimum absolute atomic E-state index is 0.0172. The molecule has 1 heterocycles. The molecule has 6 heteroatoms. The van der Waals surface area contributed by atoms with E-state index in [-0.39, 0.29) is 12.6 Å². The lowest BCUT2D eigenvalue weighted by atomic mass is 10.3. The highest BCUT2D eigenvalue weighted by Crippen LogP contribution is 2.15. The third kappa shape index (κ3) is 4.87. The minimum atomic E-state index is -0.439. The van der Waals surface area contributed by atoms with Crippen LogP contribution in [0.4, 0.5) is 0 Å². The number of rotatable bonds is 7. The fourth-order valence-corrected chi connectivity index (χ4v) is 1.71. The molecule has 1 aromatic heterocycles. The van der Waals surface area contributed by atoms with E-state index in [0.29, 0.717) is 13.2 Å². The lowest BCUT2D eigenvalue weighted by Gasteiger charge is -2.11. The summed E-state index contributed by atoms with van der Waals surface area (Å²) in [4.78, 5) is 15.5. The van der Waals surface area contributed by atoms with Crippen molar-refractivity contribution >= 4 is 17.2 Å². The van der Waals surface area contributed by atoms with E-state index in [2.05, 4.69) is 17.2 Å². The van der Waals surface area contributed by atoms with Gasteiger partial charge in [-0.3, -0.25) is 9.78 Å². The molecule has 0 aliphatic heterocycles. The number of carbonyl (C=O) groups excluding carboxylic acids is 1. The van der Waals surface area contributed by atoms with Gasteiger partial charge < -0.3 is 15.8 Å². The molecule has 84 valence electrons. The maximum Gasteiger partial charge on any atom is 0.243 e. The van der Waals surface area contributed by atoms with Crippen LogP contribution in [0, 0.1) is 0 Å². The number of nitrogens with zero attached hydrogens (tertiary/aromatic N) is 1. The normalized spacial score (nSPS) is 12.6. The van der Waals surface area contributed by atoms with Gasteiger partial charge in [0.15, 0.2) is 0 Å². The summed E-state index contributed by atoms with van der Waals surface area (Å²) in [6.07, 6.45) is 1.84. The molecule has 1 rings (SSSR count). The molecule has 5 nitrogen and oxygen atoms in total. The molecule has 0 aliphatic rings. The van der Waals surface area contributed by atoms with Gasteiger partial charge in [-0.1, -0.05) is 0 Å². The van der Waals surface area contributed by atoms with Crippen LogP contribution in [-0.2, 0) is 9.53 Å². The largest absolute Gasteiger partial charge is 0.370 e. The topological polar surface area (TPSA) is 77.2 Å². The zero-order chi connectivity index (χ0) is 11.1. The van der Waals surface area contributed by atoms with Crippen LogP contribution in [0.1, 0.15) is 17.8 Å². The summed E-state index contributed by atoms with van der Waals surface area (Å²) in [5.74, 6) is -0.439. The lowest BCUT2D eigenvalue weighted by molar-refractivity contribution is -0.122. The summed E-state index contributed by atoms with van der Waals surface area (Å²) in [5.41, 5.74) is 6.72. The molecule has 1 unspecified atom stereocenters. The number of primary amides is 1. The number of nitrogens with two attached hydrogens (primary N) is 1. The van der Waals surface area contributed by atoms with Crippen molar-refractivity contribution in [1.82, 2.24) is 10.3 Å². The van der Waals surface area contributed by atoms with Crippen LogP contribution < -0.4 is 11.1 Å². The average Bonchev–Trinajstić information content (AvgIpc) is 2.69. The van der Waals surface area contributed by atoms with Gasteiger partial charge in [0.1, 0.15) is 6.61 Å². The minimum Gasteiger partial charge on any atom is -0.370 e. The smallest absolute Gasteiger partial charge is 0.243 e. The van der Waals surface area contributed by atoms with Crippen LogP contribution >= 0.6 is 11.3 Å². The number of aromatic nitrogens is 1. The number of ether oxygens (including phenoxy) is 1. The van der Waals surface area contributed by atoms with Gasteiger partial charge >= 0.3 is 0 Å². The van der Waals surface area contributed by atoms with Crippen LogP contribution in [0.15, 0.2) is 11.7 Å². The summed E-state index contributed by atoms with van der Waals surface area (Å²) in [6, 6.07) is 0.259. The zero-order valence-electron chi connectivity index (χ0n) is 8.60. The first-order valence-corrected chi connectivity index (χ1v) is 5.56. The second-order valence-electron chi connectivity index (χ2n) is 3.10. The molecule has 0 saturated heterocycles. The van der Waals surface area contributed by atoms with Gasteiger partial charge in [-0.05, 0) is 6.92 Å². The predicted octanol–water partition coefficient (Wildman–Crippen LogP) is 0.296.